The molecular weight excluding hydrogens is 116 g/mol. The Morgan fingerprint density at radius 1 is 1.78 bits per heavy atom. The highest BCUT2D eigenvalue weighted by Gasteiger charge is 1.96. The first-order valence-electron chi connectivity index (χ1n) is 3.00. The Balaban J connectivity index is 2.74. The van der Waals surface area contributed by atoms with Gasteiger partial charge in [0.25, 0.3) is 0 Å². The molecule has 3 heteroatoms. The third kappa shape index (κ3) is 1.29. The van der Waals surface area contributed by atoms with Crippen LogP contribution < -0.4 is 5.73 Å². The predicted molar refractivity (Wildman–Crippen MR) is 33.8 cm³/mol. The maximum Gasteiger partial charge on any atom is 0.194 e. The zero-order chi connectivity index (χ0) is 6.69. The molecule has 0 amide bonds. The van der Waals surface area contributed by atoms with Crippen LogP contribution in [0.1, 0.15) is 18.6 Å². The van der Waals surface area contributed by atoms with Crippen molar-refractivity contribution in [3.05, 3.63) is 17.8 Å². The Morgan fingerprint density at radius 3 is 2.89 bits per heavy atom. The highest BCUT2D eigenvalue weighted by Crippen LogP contribution is 2.01. The lowest BCUT2D eigenvalue weighted by molar-refractivity contribution is 0.461. The zero-order valence-electron chi connectivity index (χ0n) is 5.42. The number of nitrogens with two attached hydrogens (primary N) is 1. The second-order valence-corrected chi connectivity index (χ2v) is 1.78. The van der Waals surface area contributed by atoms with Gasteiger partial charge in [-0.05, 0) is 0 Å². The quantitative estimate of drug-likeness (QED) is 0.634. The lowest BCUT2D eigenvalue weighted by Gasteiger charge is -1.84. The number of hydrogen-bond donors (Lipinski definition) is 1. The van der Waals surface area contributed by atoms with E-state index in [1.807, 2.05) is 6.92 Å². The largest absolute Gasteiger partial charge is 0.444 e. The average Bonchev–Trinajstić information content (AvgIpc) is 2.34. The van der Waals surface area contributed by atoms with Crippen LogP contribution in [0.25, 0.3) is 0 Å². The summed E-state index contributed by atoms with van der Waals surface area (Å²) in [5, 5.41) is 0. The Morgan fingerprint density at radius 2 is 2.56 bits per heavy atom. The Hall–Kier alpha value is -0.830. The predicted octanol–water partition coefficient (Wildman–Crippen LogP) is 0.696. The Kier molecular flexibility index (Phi) is 1.85. The number of nitrogens with zero attached hydrogens (tertiary/aromatic N) is 1. The molecule has 1 rings (SSSR count). The Bertz CT molecular complexity index is 164. The van der Waals surface area contributed by atoms with Crippen LogP contribution in [0.15, 0.2) is 10.6 Å². The minimum atomic E-state index is 0.438. The SMILES string of the molecule is CCc1ncc(CN)o1. The molecule has 0 aliphatic heterocycles. The molecule has 0 aromatic carbocycles. The van der Waals surface area contributed by atoms with E-state index in [0.29, 0.717) is 6.54 Å². The summed E-state index contributed by atoms with van der Waals surface area (Å²) in [6, 6.07) is 0. The van der Waals surface area contributed by atoms with Crippen LogP contribution >= 0.6 is 0 Å². The molecule has 0 unspecified atom stereocenters. The summed E-state index contributed by atoms with van der Waals surface area (Å²) in [6.45, 7) is 2.43. The van der Waals surface area contributed by atoms with E-state index in [0.717, 1.165) is 18.1 Å². The topological polar surface area (TPSA) is 52.0 Å². The van der Waals surface area contributed by atoms with Gasteiger partial charge in [-0.25, -0.2) is 4.98 Å². The molecule has 3 nitrogen and oxygen atoms in total. The second kappa shape index (κ2) is 2.64. The summed E-state index contributed by atoms with van der Waals surface area (Å²) in [5.41, 5.74) is 5.28. The van der Waals surface area contributed by atoms with E-state index in [9.17, 15) is 0 Å². The molecular formula is C6H10N2O. The van der Waals surface area contributed by atoms with E-state index in [4.69, 9.17) is 10.2 Å². The average molecular weight is 126 g/mol. The highest BCUT2D eigenvalue weighted by molar-refractivity contribution is 4.92. The van der Waals surface area contributed by atoms with E-state index in [1.54, 1.807) is 6.20 Å². The van der Waals surface area contributed by atoms with Crippen LogP contribution in [-0.4, -0.2) is 4.98 Å². The molecule has 50 valence electrons. The van der Waals surface area contributed by atoms with Gasteiger partial charge >= 0.3 is 0 Å². The molecule has 0 saturated carbocycles. The van der Waals surface area contributed by atoms with Crippen molar-refractivity contribution in [2.24, 2.45) is 5.73 Å². The Labute approximate surface area is 53.9 Å². The number of aromatic nitrogens is 1. The molecule has 2 N–H and O–H groups in total. The smallest absolute Gasteiger partial charge is 0.194 e. The molecule has 9 heavy (non-hydrogen) atoms. The summed E-state index contributed by atoms with van der Waals surface area (Å²) in [5.74, 6) is 1.52. The van der Waals surface area contributed by atoms with Gasteiger partial charge in [0.2, 0.25) is 0 Å². The minimum absolute atomic E-state index is 0.438. The molecule has 0 fully saturated rings. The van der Waals surface area contributed by atoms with Crippen LogP contribution in [0.5, 0.6) is 0 Å². The van der Waals surface area contributed by atoms with Crippen molar-refractivity contribution in [1.29, 1.82) is 0 Å². The fourth-order valence-electron chi connectivity index (χ4n) is 0.606. The third-order valence-electron chi connectivity index (χ3n) is 1.11. The molecule has 1 heterocycles. The van der Waals surface area contributed by atoms with Crippen molar-refractivity contribution in [2.45, 2.75) is 19.9 Å². The lowest BCUT2D eigenvalue weighted by atomic mass is 10.5. The molecule has 0 radical (unpaired) electrons. The highest BCUT2D eigenvalue weighted by atomic mass is 16.4. The van der Waals surface area contributed by atoms with Crippen LogP contribution in [0.2, 0.25) is 0 Å². The van der Waals surface area contributed by atoms with E-state index < -0.39 is 0 Å². The van der Waals surface area contributed by atoms with E-state index in [2.05, 4.69) is 4.98 Å². The van der Waals surface area contributed by atoms with Gasteiger partial charge < -0.3 is 10.2 Å². The lowest BCUT2D eigenvalue weighted by Crippen LogP contribution is -1.92. The van der Waals surface area contributed by atoms with Crippen LogP contribution in [-0.2, 0) is 13.0 Å². The van der Waals surface area contributed by atoms with Crippen molar-refractivity contribution in [1.82, 2.24) is 4.98 Å². The number of aryl methyl sites for hydroxylation is 1. The monoisotopic (exact) mass is 126 g/mol. The van der Waals surface area contributed by atoms with Gasteiger partial charge in [-0.15, -0.1) is 0 Å². The van der Waals surface area contributed by atoms with Gasteiger partial charge in [0, 0.05) is 6.42 Å². The minimum Gasteiger partial charge on any atom is -0.444 e. The van der Waals surface area contributed by atoms with E-state index in [1.165, 1.54) is 0 Å². The zero-order valence-corrected chi connectivity index (χ0v) is 5.42. The molecule has 0 aliphatic carbocycles. The molecule has 0 atom stereocenters. The summed E-state index contributed by atoms with van der Waals surface area (Å²) < 4.78 is 5.15. The maximum absolute atomic E-state index is 5.28. The van der Waals surface area contributed by atoms with Crippen LogP contribution in [0.3, 0.4) is 0 Å². The van der Waals surface area contributed by atoms with Gasteiger partial charge in [-0.3, -0.25) is 0 Å². The van der Waals surface area contributed by atoms with Crippen molar-refractivity contribution >= 4 is 0 Å². The summed E-state index contributed by atoms with van der Waals surface area (Å²) in [7, 11) is 0. The molecule has 0 spiro atoms. The van der Waals surface area contributed by atoms with Gasteiger partial charge in [-0.1, -0.05) is 6.92 Å². The molecule has 0 saturated heterocycles. The van der Waals surface area contributed by atoms with E-state index >= 15 is 0 Å². The number of rotatable bonds is 2. The normalized spacial score (nSPS) is 10.0. The molecule has 1 aromatic rings. The van der Waals surface area contributed by atoms with Crippen LogP contribution in [0.4, 0.5) is 0 Å². The summed E-state index contributed by atoms with van der Waals surface area (Å²) in [6.07, 6.45) is 2.50. The standard InChI is InChI=1S/C6H10N2O/c1-2-6-8-4-5(3-7)9-6/h4H,2-3,7H2,1H3. The second-order valence-electron chi connectivity index (χ2n) is 1.78. The van der Waals surface area contributed by atoms with Crippen molar-refractivity contribution in [2.75, 3.05) is 0 Å². The van der Waals surface area contributed by atoms with E-state index in [-0.39, 0.29) is 0 Å². The third-order valence-corrected chi connectivity index (χ3v) is 1.11. The first kappa shape index (κ1) is 6.29. The fraction of sp³-hybridized carbons (Fsp3) is 0.500. The van der Waals surface area contributed by atoms with Crippen LogP contribution in [0, 0.1) is 0 Å². The molecule has 0 aliphatic rings. The fourth-order valence-corrected chi connectivity index (χ4v) is 0.606. The van der Waals surface area contributed by atoms with Crippen molar-refractivity contribution in [3.8, 4) is 0 Å². The molecule has 1 aromatic heterocycles. The first-order chi connectivity index (χ1) is 4.36. The maximum atomic E-state index is 5.28. The molecule has 0 bridgehead atoms. The summed E-state index contributed by atoms with van der Waals surface area (Å²) >= 11 is 0. The van der Waals surface area contributed by atoms with Gasteiger partial charge in [0.15, 0.2) is 5.89 Å². The van der Waals surface area contributed by atoms with Gasteiger partial charge in [-0.2, -0.15) is 0 Å². The number of hydrogen-bond acceptors (Lipinski definition) is 3. The number of oxazole rings is 1. The van der Waals surface area contributed by atoms with Gasteiger partial charge in [0.05, 0.1) is 12.7 Å². The van der Waals surface area contributed by atoms with Gasteiger partial charge in [0.1, 0.15) is 5.76 Å². The van der Waals surface area contributed by atoms with Crippen molar-refractivity contribution in [3.63, 3.8) is 0 Å². The summed E-state index contributed by atoms with van der Waals surface area (Å²) in [4.78, 5) is 3.96. The first-order valence-corrected chi connectivity index (χ1v) is 3.00. The van der Waals surface area contributed by atoms with Crippen molar-refractivity contribution < 1.29 is 4.42 Å².